The number of hydrogen-bond acceptors (Lipinski definition) is 4. The van der Waals surface area contributed by atoms with Crippen LogP contribution in [0.5, 0.6) is 0 Å². The minimum absolute atomic E-state index is 0.281. The Hall–Kier alpha value is -0.170. The van der Waals surface area contributed by atoms with Crippen LogP contribution in [0.15, 0.2) is 0 Å². The summed E-state index contributed by atoms with van der Waals surface area (Å²) in [5.41, 5.74) is 6.23. The van der Waals surface area contributed by atoms with E-state index in [0.717, 1.165) is 25.8 Å². The Labute approximate surface area is 123 Å². The van der Waals surface area contributed by atoms with Crippen LogP contribution < -0.4 is 5.73 Å². The van der Waals surface area contributed by atoms with Crippen molar-refractivity contribution in [3.8, 4) is 0 Å². The van der Waals surface area contributed by atoms with Crippen LogP contribution in [-0.2, 0) is 10.0 Å². The molecule has 0 aromatic carbocycles. The Morgan fingerprint density at radius 2 is 1.90 bits per heavy atom. The molecular formula is C14H29N3O2S. The van der Waals surface area contributed by atoms with Crippen LogP contribution in [0.3, 0.4) is 0 Å². The lowest BCUT2D eigenvalue weighted by molar-refractivity contribution is 0.126. The Bertz CT molecular complexity index is 413. The van der Waals surface area contributed by atoms with Gasteiger partial charge in [0.05, 0.1) is 6.26 Å². The van der Waals surface area contributed by atoms with Gasteiger partial charge in [-0.05, 0) is 38.6 Å². The third-order valence-electron chi connectivity index (χ3n) is 4.84. The molecule has 2 aliphatic rings. The second kappa shape index (κ2) is 6.73. The molecule has 1 aliphatic carbocycles. The van der Waals surface area contributed by atoms with Crippen molar-refractivity contribution < 1.29 is 8.42 Å². The topological polar surface area (TPSA) is 66.6 Å². The van der Waals surface area contributed by atoms with Crippen LogP contribution in [0.4, 0.5) is 0 Å². The SMILES string of the molecule is CN(CC1CCCN(S(C)(=O)=O)C1)C1CCCCC1N. The van der Waals surface area contributed by atoms with Crippen molar-refractivity contribution in [1.82, 2.24) is 9.21 Å². The van der Waals surface area contributed by atoms with Crippen molar-refractivity contribution in [3.05, 3.63) is 0 Å². The van der Waals surface area contributed by atoms with E-state index in [9.17, 15) is 8.42 Å². The first-order chi connectivity index (χ1) is 9.38. The first-order valence-electron chi connectivity index (χ1n) is 7.79. The van der Waals surface area contributed by atoms with E-state index in [4.69, 9.17) is 5.73 Å². The standard InChI is InChI=1S/C14H29N3O2S/c1-16(14-8-4-3-7-13(14)15)10-12-6-5-9-17(11-12)20(2,18)19/h12-14H,3-11,15H2,1-2H3. The van der Waals surface area contributed by atoms with Crippen molar-refractivity contribution in [2.24, 2.45) is 11.7 Å². The van der Waals surface area contributed by atoms with E-state index in [1.807, 2.05) is 0 Å². The number of sulfonamides is 1. The second-order valence-electron chi connectivity index (χ2n) is 6.58. The van der Waals surface area contributed by atoms with Crippen molar-refractivity contribution in [2.45, 2.75) is 50.6 Å². The number of nitrogens with zero attached hydrogens (tertiary/aromatic N) is 2. The molecule has 118 valence electrons. The third-order valence-corrected chi connectivity index (χ3v) is 6.11. The molecule has 6 heteroatoms. The van der Waals surface area contributed by atoms with E-state index in [2.05, 4.69) is 11.9 Å². The molecule has 1 heterocycles. The number of hydrogen-bond donors (Lipinski definition) is 1. The Balaban J connectivity index is 1.89. The van der Waals surface area contributed by atoms with E-state index in [-0.39, 0.29) is 6.04 Å². The lowest BCUT2D eigenvalue weighted by Crippen LogP contribution is -2.51. The van der Waals surface area contributed by atoms with Gasteiger partial charge in [-0.25, -0.2) is 12.7 Å². The molecule has 3 atom stereocenters. The lowest BCUT2D eigenvalue weighted by atomic mass is 9.89. The predicted molar refractivity (Wildman–Crippen MR) is 82.0 cm³/mol. The molecule has 2 fully saturated rings. The summed E-state index contributed by atoms with van der Waals surface area (Å²) >= 11 is 0. The smallest absolute Gasteiger partial charge is 0.211 e. The first kappa shape index (κ1) is 16.2. The molecule has 0 bridgehead atoms. The molecule has 0 spiro atoms. The summed E-state index contributed by atoms with van der Waals surface area (Å²) < 4.78 is 25.0. The van der Waals surface area contributed by atoms with E-state index in [1.54, 1.807) is 4.31 Å². The minimum Gasteiger partial charge on any atom is -0.326 e. The zero-order valence-electron chi connectivity index (χ0n) is 12.8. The fourth-order valence-corrected chi connectivity index (χ4v) is 4.65. The summed E-state index contributed by atoms with van der Waals surface area (Å²) in [6, 6.07) is 0.751. The second-order valence-corrected chi connectivity index (χ2v) is 8.57. The summed E-state index contributed by atoms with van der Waals surface area (Å²) in [4.78, 5) is 2.38. The highest BCUT2D eigenvalue weighted by molar-refractivity contribution is 7.88. The van der Waals surface area contributed by atoms with Crippen LogP contribution in [0, 0.1) is 5.92 Å². The maximum Gasteiger partial charge on any atom is 0.211 e. The minimum atomic E-state index is -3.04. The van der Waals surface area contributed by atoms with Gasteiger partial charge in [0, 0.05) is 31.7 Å². The molecule has 0 radical (unpaired) electrons. The highest BCUT2D eigenvalue weighted by atomic mass is 32.2. The van der Waals surface area contributed by atoms with Crippen LogP contribution in [0.1, 0.15) is 38.5 Å². The molecular weight excluding hydrogens is 274 g/mol. The maximum absolute atomic E-state index is 11.7. The lowest BCUT2D eigenvalue weighted by Gasteiger charge is -2.39. The van der Waals surface area contributed by atoms with Crippen LogP contribution >= 0.6 is 0 Å². The largest absolute Gasteiger partial charge is 0.326 e. The molecule has 0 aromatic heterocycles. The van der Waals surface area contributed by atoms with Gasteiger partial charge in [0.25, 0.3) is 0 Å². The zero-order chi connectivity index (χ0) is 14.8. The van der Waals surface area contributed by atoms with Gasteiger partial charge in [0.1, 0.15) is 0 Å². The fraction of sp³-hybridized carbons (Fsp3) is 1.00. The normalized spacial score (nSPS) is 33.5. The Morgan fingerprint density at radius 3 is 2.55 bits per heavy atom. The molecule has 3 unspecified atom stereocenters. The average molecular weight is 303 g/mol. The molecule has 2 rings (SSSR count). The van der Waals surface area contributed by atoms with E-state index in [1.165, 1.54) is 25.5 Å². The molecule has 0 amide bonds. The van der Waals surface area contributed by atoms with Gasteiger partial charge in [0.2, 0.25) is 10.0 Å². The van der Waals surface area contributed by atoms with Crippen molar-refractivity contribution in [2.75, 3.05) is 32.9 Å². The predicted octanol–water partition coefficient (Wildman–Crippen LogP) is 0.860. The quantitative estimate of drug-likeness (QED) is 0.836. The maximum atomic E-state index is 11.7. The highest BCUT2D eigenvalue weighted by Gasteiger charge is 2.30. The van der Waals surface area contributed by atoms with Crippen LogP contribution in [0.2, 0.25) is 0 Å². The summed E-state index contributed by atoms with van der Waals surface area (Å²) in [5.74, 6) is 0.442. The van der Waals surface area contributed by atoms with E-state index in [0.29, 0.717) is 25.0 Å². The van der Waals surface area contributed by atoms with Gasteiger partial charge in [-0.15, -0.1) is 0 Å². The fourth-order valence-electron chi connectivity index (χ4n) is 3.71. The zero-order valence-corrected chi connectivity index (χ0v) is 13.6. The average Bonchev–Trinajstić information content (AvgIpc) is 2.38. The van der Waals surface area contributed by atoms with Gasteiger partial charge in [-0.3, -0.25) is 0 Å². The third kappa shape index (κ3) is 4.16. The van der Waals surface area contributed by atoms with Gasteiger partial charge in [-0.1, -0.05) is 12.8 Å². The molecule has 1 saturated heterocycles. The van der Waals surface area contributed by atoms with Crippen molar-refractivity contribution >= 4 is 10.0 Å². The van der Waals surface area contributed by atoms with Gasteiger partial charge < -0.3 is 10.6 Å². The summed E-state index contributed by atoms with van der Waals surface area (Å²) in [6.45, 7) is 2.32. The Morgan fingerprint density at radius 1 is 1.20 bits per heavy atom. The summed E-state index contributed by atoms with van der Waals surface area (Å²) in [7, 11) is -0.892. The monoisotopic (exact) mass is 303 g/mol. The van der Waals surface area contributed by atoms with Crippen molar-refractivity contribution in [1.29, 1.82) is 0 Å². The molecule has 0 aromatic rings. The van der Waals surface area contributed by atoms with Gasteiger partial charge in [-0.2, -0.15) is 0 Å². The number of rotatable bonds is 4. The summed E-state index contributed by atoms with van der Waals surface area (Å²) in [6.07, 6.45) is 8.23. The molecule has 1 saturated carbocycles. The van der Waals surface area contributed by atoms with Gasteiger partial charge >= 0.3 is 0 Å². The van der Waals surface area contributed by atoms with Crippen LogP contribution in [-0.4, -0.2) is 62.6 Å². The van der Waals surface area contributed by atoms with Gasteiger partial charge in [0.15, 0.2) is 0 Å². The first-order valence-corrected chi connectivity index (χ1v) is 9.63. The Kier molecular flexibility index (Phi) is 5.45. The number of likely N-dealkylation sites (N-methyl/N-ethyl adjacent to an activating group) is 1. The molecule has 1 aliphatic heterocycles. The highest BCUT2D eigenvalue weighted by Crippen LogP contribution is 2.24. The summed E-state index contributed by atoms with van der Waals surface area (Å²) in [5, 5.41) is 0. The molecule has 5 nitrogen and oxygen atoms in total. The number of nitrogens with two attached hydrogens (primary N) is 1. The molecule has 2 N–H and O–H groups in total. The molecule has 20 heavy (non-hydrogen) atoms. The van der Waals surface area contributed by atoms with E-state index >= 15 is 0 Å². The number of piperidine rings is 1. The van der Waals surface area contributed by atoms with Crippen molar-refractivity contribution in [3.63, 3.8) is 0 Å². The van der Waals surface area contributed by atoms with E-state index < -0.39 is 10.0 Å². The van der Waals surface area contributed by atoms with Crippen LogP contribution in [0.25, 0.3) is 0 Å².